The van der Waals surface area contributed by atoms with Gasteiger partial charge in [-0.3, -0.25) is 4.79 Å². The van der Waals surface area contributed by atoms with Gasteiger partial charge in [0.15, 0.2) is 11.6 Å². The summed E-state index contributed by atoms with van der Waals surface area (Å²) in [6, 6.07) is 13.7. The Labute approximate surface area is 201 Å². The fourth-order valence-corrected chi connectivity index (χ4v) is 4.31. The molecule has 1 saturated heterocycles. The Hall–Kier alpha value is -4.40. The van der Waals surface area contributed by atoms with Crippen molar-refractivity contribution < 1.29 is 18.6 Å². The number of piperidine rings is 1. The lowest BCUT2D eigenvalue weighted by Crippen LogP contribution is -2.40. The smallest absolute Gasteiger partial charge is 0.363 e. The van der Waals surface area contributed by atoms with Gasteiger partial charge in [-0.25, -0.2) is 4.39 Å². The fraction of sp³-hybridized carbons (Fsp3) is 0.192. The van der Waals surface area contributed by atoms with Crippen molar-refractivity contribution in [2.45, 2.75) is 12.8 Å². The molecule has 176 valence electrons. The zero-order chi connectivity index (χ0) is 24.4. The molecule has 1 unspecified atom stereocenters. The second-order valence-electron chi connectivity index (χ2n) is 8.35. The van der Waals surface area contributed by atoms with Crippen LogP contribution in [0.5, 0.6) is 11.5 Å². The molecule has 0 aliphatic carbocycles. The number of hydrogen-bond acceptors (Lipinski definition) is 6. The molecule has 2 N–H and O–H groups in total. The number of ether oxygens (including phenoxy) is 1. The van der Waals surface area contributed by atoms with Crippen molar-refractivity contribution in [2.75, 3.05) is 18.8 Å². The lowest BCUT2D eigenvalue weighted by Gasteiger charge is -2.29. The number of nitrogens with zero attached hydrogens (tertiary/aromatic N) is 5. The van der Waals surface area contributed by atoms with Gasteiger partial charge in [0.2, 0.25) is 12.2 Å². The van der Waals surface area contributed by atoms with Gasteiger partial charge >= 0.3 is 5.82 Å². The van der Waals surface area contributed by atoms with Crippen LogP contribution in [0.25, 0.3) is 0 Å². The summed E-state index contributed by atoms with van der Waals surface area (Å²) in [6.07, 6.45) is 6.41. The van der Waals surface area contributed by atoms with Gasteiger partial charge in [-0.05, 0) is 54.2 Å². The number of halogens is 1. The van der Waals surface area contributed by atoms with Crippen molar-refractivity contribution in [3.63, 3.8) is 0 Å². The number of likely N-dealkylation sites (tertiary alicyclic amines) is 1. The van der Waals surface area contributed by atoms with E-state index in [1.165, 1.54) is 18.5 Å². The summed E-state index contributed by atoms with van der Waals surface area (Å²) in [5.74, 6) is 0.865. The molecule has 1 amide bonds. The van der Waals surface area contributed by atoms with Crippen LogP contribution in [-0.4, -0.2) is 50.5 Å². The molecule has 1 atom stereocenters. The third kappa shape index (κ3) is 4.52. The monoisotopic (exact) mass is 471 g/mol. The number of fused-ring (bicyclic) bond motifs is 1. The molecule has 5 rings (SSSR count). The van der Waals surface area contributed by atoms with E-state index in [2.05, 4.69) is 16.5 Å². The molecule has 35 heavy (non-hydrogen) atoms. The van der Waals surface area contributed by atoms with E-state index < -0.39 is 5.82 Å². The molecule has 3 heterocycles. The molecular weight excluding hydrogens is 447 g/mol. The van der Waals surface area contributed by atoms with Gasteiger partial charge in [0.1, 0.15) is 29.1 Å². The largest absolute Gasteiger partial charge is 0.454 e. The van der Waals surface area contributed by atoms with Crippen LogP contribution in [0.3, 0.4) is 0 Å². The number of nitrogens with two attached hydrogens (primary N) is 1. The molecule has 0 bridgehead atoms. The van der Waals surface area contributed by atoms with Crippen molar-refractivity contribution in [2.24, 2.45) is 11.0 Å². The van der Waals surface area contributed by atoms with E-state index in [-0.39, 0.29) is 23.4 Å². The first kappa shape index (κ1) is 22.4. The Balaban J connectivity index is 1.48. The highest BCUT2D eigenvalue weighted by molar-refractivity contribution is 6.18. The van der Waals surface area contributed by atoms with Crippen LogP contribution in [-0.2, 0) is 4.79 Å². The summed E-state index contributed by atoms with van der Waals surface area (Å²) in [6.45, 7) is 4.84. The first-order valence-corrected chi connectivity index (χ1v) is 11.3. The third-order valence-electron chi connectivity index (χ3n) is 5.99. The first-order valence-electron chi connectivity index (χ1n) is 11.3. The molecule has 3 aromatic rings. The molecule has 0 radical (unpaired) electrons. The maximum Gasteiger partial charge on any atom is 0.363 e. The summed E-state index contributed by atoms with van der Waals surface area (Å²) in [5.41, 5.74) is 7.72. The third-order valence-corrected chi connectivity index (χ3v) is 5.99. The average Bonchev–Trinajstić information content (AvgIpc) is 3.25. The number of para-hydroxylation sites is 1. The van der Waals surface area contributed by atoms with Gasteiger partial charge in [-0.15, -0.1) is 4.68 Å². The number of carbonyl (C=O) groups excluding carboxylic acids is 1. The fourth-order valence-electron chi connectivity index (χ4n) is 4.31. The maximum absolute atomic E-state index is 15.0. The topological polar surface area (TPSA) is 96.7 Å². The molecule has 2 aliphatic rings. The Kier molecular flexibility index (Phi) is 6.05. The Bertz CT molecular complexity index is 1360. The van der Waals surface area contributed by atoms with Crippen molar-refractivity contribution in [3.8, 4) is 11.5 Å². The number of anilines is 1. The van der Waals surface area contributed by atoms with Crippen LogP contribution >= 0.6 is 0 Å². The molecule has 1 fully saturated rings. The molecular formula is C26H24FN6O2+. The molecule has 0 saturated carbocycles. The second-order valence-corrected chi connectivity index (χ2v) is 8.35. The maximum atomic E-state index is 15.0. The van der Waals surface area contributed by atoms with E-state index in [4.69, 9.17) is 15.6 Å². The van der Waals surface area contributed by atoms with Gasteiger partial charge in [0, 0.05) is 24.6 Å². The van der Waals surface area contributed by atoms with Crippen LogP contribution in [0, 0.1) is 11.7 Å². The Morgan fingerprint density at radius 1 is 1.23 bits per heavy atom. The highest BCUT2D eigenvalue weighted by atomic mass is 19.1. The van der Waals surface area contributed by atoms with Gasteiger partial charge in [-0.1, -0.05) is 29.9 Å². The van der Waals surface area contributed by atoms with E-state index in [9.17, 15) is 9.18 Å². The summed E-state index contributed by atoms with van der Waals surface area (Å²) >= 11 is 0. The standard InChI is InChI=1S/C26H24FN6O2/c1-2-22(34)32-12-6-7-17(14-32)15-33-26-23(25(28)29-16-30-26)24(31-33)18-10-11-21(20(27)13-18)35-19-8-4-3-5-9-19/h2-5,8-11,13,15-17H,1,6-7,12,14H2,(H2,28,29,30)/q+1. The second kappa shape index (κ2) is 9.46. The summed E-state index contributed by atoms with van der Waals surface area (Å²) < 4.78 is 22.3. The molecule has 2 aliphatic heterocycles. The van der Waals surface area contributed by atoms with Crippen LogP contribution in [0.4, 0.5) is 16.0 Å². The van der Waals surface area contributed by atoms with Crippen molar-refractivity contribution in [1.29, 1.82) is 0 Å². The Morgan fingerprint density at radius 3 is 2.83 bits per heavy atom. The van der Waals surface area contributed by atoms with Gasteiger partial charge in [0.05, 0.1) is 0 Å². The lowest BCUT2D eigenvalue weighted by atomic mass is 9.99. The minimum atomic E-state index is -0.528. The molecule has 8 nitrogen and oxygen atoms in total. The van der Waals surface area contributed by atoms with Gasteiger partial charge in [0.25, 0.3) is 0 Å². The van der Waals surface area contributed by atoms with E-state index in [0.717, 1.165) is 12.8 Å². The predicted octanol–water partition coefficient (Wildman–Crippen LogP) is 3.90. The minimum Gasteiger partial charge on any atom is -0.454 e. The molecule has 2 aromatic carbocycles. The SMILES string of the molecule is C=CC(=O)N1CCCC(C=[N+]2N=C(c3ccc(Oc4ccccc4)c(F)c3)c3c(N)ncnc32)C1. The summed E-state index contributed by atoms with van der Waals surface area (Å²) in [5, 5.41) is 4.71. The number of benzene rings is 2. The summed E-state index contributed by atoms with van der Waals surface area (Å²) in [7, 11) is 0. The lowest BCUT2D eigenvalue weighted by molar-refractivity contribution is -0.442. The highest BCUT2D eigenvalue weighted by Gasteiger charge is 2.35. The van der Waals surface area contributed by atoms with Crippen molar-refractivity contribution in [1.82, 2.24) is 14.9 Å². The number of hydrogen-bond donors (Lipinski definition) is 1. The van der Waals surface area contributed by atoms with Crippen molar-refractivity contribution in [3.05, 3.63) is 84.5 Å². The van der Waals surface area contributed by atoms with Crippen LogP contribution in [0.15, 0.2) is 72.6 Å². The zero-order valence-corrected chi connectivity index (χ0v) is 19.0. The van der Waals surface area contributed by atoms with E-state index in [0.29, 0.717) is 41.5 Å². The molecule has 1 aromatic heterocycles. The minimum absolute atomic E-state index is 0.0678. The molecule has 9 heteroatoms. The number of nitrogen functional groups attached to an aromatic ring is 1. The predicted molar refractivity (Wildman–Crippen MR) is 130 cm³/mol. The number of rotatable bonds is 5. The highest BCUT2D eigenvalue weighted by Crippen LogP contribution is 2.33. The van der Waals surface area contributed by atoms with Gasteiger partial charge < -0.3 is 15.4 Å². The average molecular weight is 472 g/mol. The first-order chi connectivity index (χ1) is 17.0. The number of amides is 1. The normalized spacial score (nSPS) is 18.2. The zero-order valence-electron chi connectivity index (χ0n) is 19.0. The van der Waals surface area contributed by atoms with E-state index >= 15 is 0 Å². The number of hydrazone groups is 1. The van der Waals surface area contributed by atoms with Crippen LogP contribution in [0.1, 0.15) is 24.0 Å². The number of carbonyl (C=O) groups is 1. The quantitative estimate of drug-likeness (QED) is 0.450. The van der Waals surface area contributed by atoms with Crippen molar-refractivity contribution >= 4 is 29.5 Å². The molecule has 0 spiro atoms. The summed E-state index contributed by atoms with van der Waals surface area (Å²) in [4.78, 5) is 22.3. The number of aromatic nitrogens is 2. The van der Waals surface area contributed by atoms with E-state index in [1.807, 2.05) is 24.4 Å². The van der Waals surface area contributed by atoms with E-state index in [1.54, 1.807) is 33.8 Å². The van der Waals surface area contributed by atoms with Gasteiger partial charge in [-0.2, -0.15) is 4.98 Å². The van der Waals surface area contributed by atoms with Crippen LogP contribution in [0.2, 0.25) is 0 Å². The van der Waals surface area contributed by atoms with Crippen LogP contribution < -0.4 is 10.5 Å². The Morgan fingerprint density at radius 2 is 2.06 bits per heavy atom.